The molecule has 1 aromatic carbocycles. The Morgan fingerprint density at radius 2 is 1.67 bits per heavy atom. The lowest BCUT2D eigenvalue weighted by atomic mass is 9.81. The number of ether oxygens (including phenoxy) is 1. The maximum absolute atomic E-state index is 12.9. The zero-order valence-electron chi connectivity index (χ0n) is 15.1. The Bertz CT molecular complexity index is 866. The summed E-state index contributed by atoms with van der Waals surface area (Å²) in [5.41, 5.74) is 4.83. The first-order valence-corrected chi connectivity index (χ1v) is 9.84. The molecule has 3 aliphatic rings. The topological polar surface area (TPSA) is 22.1 Å². The van der Waals surface area contributed by atoms with Crippen LogP contribution in [0.15, 0.2) is 30.5 Å². The molecule has 142 valence electrons. The van der Waals surface area contributed by atoms with Crippen LogP contribution in [0.1, 0.15) is 78.1 Å². The first-order valence-electron chi connectivity index (χ1n) is 9.84. The fraction of sp³-hybridized carbons (Fsp3) is 0.500. The fourth-order valence-electron chi connectivity index (χ4n) is 5.18. The summed E-state index contributed by atoms with van der Waals surface area (Å²) in [7, 11) is 0. The van der Waals surface area contributed by atoms with Crippen LogP contribution in [-0.2, 0) is 29.4 Å². The molecule has 1 unspecified atom stereocenters. The van der Waals surface area contributed by atoms with Crippen LogP contribution in [0.2, 0.25) is 0 Å². The second-order valence-corrected chi connectivity index (χ2v) is 8.04. The Balaban J connectivity index is 1.61. The molecule has 1 saturated carbocycles. The normalized spacial score (nSPS) is 23.4. The summed E-state index contributed by atoms with van der Waals surface area (Å²) in [6, 6.07) is 5.43. The van der Waals surface area contributed by atoms with E-state index in [0.29, 0.717) is 0 Å². The Kier molecular flexibility index (Phi) is 3.87. The zero-order chi connectivity index (χ0) is 18.6. The molecule has 0 amide bonds. The number of hydrogen-bond acceptors (Lipinski definition) is 2. The van der Waals surface area contributed by atoms with Gasteiger partial charge in [-0.05, 0) is 67.3 Å². The number of benzene rings is 1. The minimum atomic E-state index is -4.32. The van der Waals surface area contributed by atoms with E-state index >= 15 is 0 Å². The van der Waals surface area contributed by atoms with E-state index in [1.165, 1.54) is 29.7 Å². The molecule has 2 aliphatic carbocycles. The molecule has 2 heterocycles. The molecular weight excluding hydrogens is 351 g/mol. The number of halogens is 3. The van der Waals surface area contributed by atoms with Crippen molar-refractivity contribution in [3.63, 3.8) is 0 Å². The maximum atomic E-state index is 12.9. The van der Waals surface area contributed by atoms with Crippen molar-refractivity contribution in [1.29, 1.82) is 0 Å². The summed E-state index contributed by atoms with van der Waals surface area (Å²) in [5, 5.41) is 0. The van der Waals surface area contributed by atoms with Gasteiger partial charge in [0.25, 0.3) is 0 Å². The largest absolute Gasteiger partial charge is 0.416 e. The SMILES string of the molecule is FC(F)(F)c1ccc(C2OC3(CCCC3)c3c2cnc2c3CCCC2)cc1. The van der Waals surface area contributed by atoms with Crippen molar-refractivity contribution < 1.29 is 17.9 Å². The highest BCUT2D eigenvalue weighted by Gasteiger charge is 2.49. The van der Waals surface area contributed by atoms with Crippen LogP contribution in [0, 0.1) is 0 Å². The lowest BCUT2D eigenvalue weighted by molar-refractivity contribution is -0.137. The Hall–Kier alpha value is -1.88. The molecule has 2 nitrogen and oxygen atoms in total. The minimum absolute atomic E-state index is 0.271. The average molecular weight is 373 g/mol. The summed E-state index contributed by atoms with van der Waals surface area (Å²) < 4.78 is 45.4. The molecule has 1 spiro atoms. The Labute approximate surface area is 156 Å². The number of nitrogens with zero attached hydrogens (tertiary/aromatic N) is 1. The summed E-state index contributed by atoms with van der Waals surface area (Å²) in [5.74, 6) is 0. The summed E-state index contributed by atoms with van der Waals surface area (Å²) in [6.45, 7) is 0. The molecule has 0 radical (unpaired) electrons. The number of aryl methyl sites for hydroxylation is 1. The number of hydrogen-bond donors (Lipinski definition) is 0. The van der Waals surface area contributed by atoms with E-state index in [-0.39, 0.29) is 11.7 Å². The highest BCUT2D eigenvalue weighted by atomic mass is 19.4. The third-order valence-corrected chi connectivity index (χ3v) is 6.42. The van der Waals surface area contributed by atoms with Crippen LogP contribution in [-0.4, -0.2) is 4.98 Å². The number of pyridine rings is 1. The van der Waals surface area contributed by atoms with E-state index in [1.54, 1.807) is 12.1 Å². The molecule has 0 saturated heterocycles. The van der Waals surface area contributed by atoms with Gasteiger partial charge in [-0.3, -0.25) is 4.98 Å². The van der Waals surface area contributed by atoms with Crippen LogP contribution in [0.3, 0.4) is 0 Å². The number of alkyl halides is 3. The summed E-state index contributed by atoms with van der Waals surface area (Å²) in [4.78, 5) is 4.72. The Morgan fingerprint density at radius 1 is 0.963 bits per heavy atom. The molecule has 5 rings (SSSR count). The van der Waals surface area contributed by atoms with Crippen molar-refractivity contribution in [3.8, 4) is 0 Å². The molecule has 0 N–H and O–H groups in total. The third kappa shape index (κ3) is 2.70. The standard InChI is InChI=1S/C22H22F3NO/c23-22(24,25)15-9-7-14(8-10-15)20-17-13-26-18-6-2-1-5-16(18)19(17)21(27-20)11-3-4-12-21/h7-10,13,20H,1-6,11-12H2. The van der Waals surface area contributed by atoms with Crippen molar-refractivity contribution in [1.82, 2.24) is 4.98 Å². The van der Waals surface area contributed by atoms with E-state index in [0.717, 1.165) is 61.8 Å². The second-order valence-electron chi connectivity index (χ2n) is 8.04. The zero-order valence-corrected chi connectivity index (χ0v) is 15.1. The van der Waals surface area contributed by atoms with Crippen LogP contribution in [0.4, 0.5) is 13.2 Å². The number of aromatic nitrogens is 1. The van der Waals surface area contributed by atoms with Gasteiger partial charge in [0, 0.05) is 17.5 Å². The van der Waals surface area contributed by atoms with Crippen molar-refractivity contribution >= 4 is 0 Å². The maximum Gasteiger partial charge on any atom is 0.416 e. The van der Waals surface area contributed by atoms with Crippen LogP contribution in [0.25, 0.3) is 0 Å². The highest BCUT2D eigenvalue weighted by molar-refractivity contribution is 5.49. The van der Waals surface area contributed by atoms with Crippen LogP contribution >= 0.6 is 0 Å². The quantitative estimate of drug-likeness (QED) is 0.624. The van der Waals surface area contributed by atoms with Gasteiger partial charge in [0.05, 0.1) is 11.2 Å². The molecular formula is C22H22F3NO. The fourth-order valence-corrected chi connectivity index (χ4v) is 5.18. The van der Waals surface area contributed by atoms with Gasteiger partial charge >= 0.3 is 6.18 Å². The molecule has 1 atom stereocenters. The second kappa shape index (κ2) is 6.06. The van der Waals surface area contributed by atoms with Crippen molar-refractivity contribution in [2.75, 3.05) is 0 Å². The van der Waals surface area contributed by atoms with Gasteiger partial charge in [-0.2, -0.15) is 13.2 Å². The van der Waals surface area contributed by atoms with Crippen LogP contribution < -0.4 is 0 Å². The van der Waals surface area contributed by atoms with Crippen LogP contribution in [0.5, 0.6) is 0 Å². The number of rotatable bonds is 1. The van der Waals surface area contributed by atoms with E-state index < -0.39 is 11.7 Å². The van der Waals surface area contributed by atoms with Gasteiger partial charge in [-0.25, -0.2) is 0 Å². The molecule has 1 aromatic heterocycles. The summed E-state index contributed by atoms with van der Waals surface area (Å²) >= 11 is 0. The smallest absolute Gasteiger partial charge is 0.358 e. The molecule has 5 heteroatoms. The molecule has 2 aromatic rings. The number of fused-ring (bicyclic) bond motifs is 4. The molecule has 27 heavy (non-hydrogen) atoms. The van der Waals surface area contributed by atoms with Gasteiger partial charge < -0.3 is 4.74 Å². The molecule has 1 fully saturated rings. The summed E-state index contributed by atoms with van der Waals surface area (Å²) in [6.07, 6.45) is 5.95. The highest BCUT2D eigenvalue weighted by Crippen LogP contribution is 2.56. The third-order valence-electron chi connectivity index (χ3n) is 6.42. The van der Waals surface area contributed by atoms with Gasteiger partial charge in [0.1, 0.15) is 6.10 Å². The monoisotopic (exact) mass is 373 g/mol. The predicted molar refractivity (Wildman–Crippen MR) is 95.4 cm³/mol. The lowest BCUT2D eigenvalue weighted by Gasteiger charge is -2.29. The molecule has 1 aliphatic heterocycles. The Morgan fingerprint density at radius 3 is 2.37 bits per heavy atom. The minimum Gasteiger partial charge on any atom is -0.358 e. The van der Waals surface area contributed by atoms with Crippen molar-refractivity contribution in [2.45, 2.75) is 69.2 Å². The van der Waals surface area contributed by atoms with E-state index in [4.69, 9.17) is 9.72 Å². The van der Waals surface area contributed by atoms with Gasteiger partial charge in [-0.1, -0.05) is 25.0 Å². The predicted octanol–water partition coefficient (Wildman–Crippen LogP) is 5.87. The van der Waals surface area contributed by atoms with Gasteiger partial charge in [-0.15, -0.1) is 0 Å². The van der Waals surface area contributed by atoms with Crippen molar-refractivity contribution in [2.24, 2.45) is 0 Å². The van der Waals surface area contributed by atoms with Crippen molar-refractivity contribution in [3.05, 3.63) is 64.0 Å². The molecule has 0 bridgehead atoms. The average Bonchev–Trinajstić information content (AvgIpc) is 3.27. The van der Waals surface area contributed by atoms with Gasteiger partial charge in [0.2, 0.25) is 0 Å². The van der Waals surface area contributed by atoms with Gasteiger partial charge in [0.15, 0.2) is 0 Å². The first-order chi connectivity index (χ1) is 13.0. The van der Waals surface area contributed by atoms with E-state index in [9.17, 15) is 13.2 Å². The first kappa shape index (κ1) is 17.2. The lowest BCUT2D eigenvalue weighted by Crippen LogP contribution is -2.24. The van der Waals surface area contributed by atoms with E-state index in [2.05, 4.69) is 0 Å². The van der Waals surface area contributed by atoms with E-state index in [1.807, 2.05) is 6.20 Å².